The predicted octanol–water partition coefficient (Wildman–Crippen LogP) is 3.86. The van der Waals surface area contributed by atoms with E-state index in [9.17, 15) is 0 Å². The van der Waals surface area contributed by atoms with Crippen molar-refractivity contribution in [1.82, 2.24) is 0 Å². The van der Waals surface area contributed by atoms with Gasteiger partial charge in [0.25, 0.3) is 0 Å². The quantitative estimate of drug-likeness (QED) is 0.567. The van der Waals surface area contributed by atoms with Crippen LogP contribution in [0.2, 0.25) is 0 Å². The normalized spacial score (nSPS) is 14.0. The lowest BCUT2D eigenvalue weighted by molar-refractivity contribution is 1.41. The average Bonchev–Trinajstić information content (AvgIpc) is 2.61. The molecule has 1 aromatic rings. The Morgan fingerprint density at radius 3 is 2.33 bits per heavy atom. The van der Waals surface area contributed by atoms with Crippen LogP contribution >= 0.6 is 7.53 Å². The molecule has 1 heterocycles. The maximum absolute atomic E-state index is 3.26. The Kier molecular flexibility index (Phi) is 1.81. The van der Waals surface area contributed by atoms with Gasteiger partial charge in [0.2, 0.25) is 0 Å². The van der Waals surface area contributed by atoms with Gasteiger partial charge in [0, 0.05) is 5.31 Å². The molecule has 1 aromatic heterocycles. The van der Waals surface area contributed by atoms with Gasteiger partial charge in [-0.2, -0.15) is 0 Å². The van der Waals surface area contributed by atoms with Crippen molar-refractivity contribution in [2.24, 2.45) is 0 Å². The van der Waals surface area contributed by atoms with Gasteiger partial charge in [-0.05, 0) is 48.7 Å². The molecule has 1 aliphatic rings. The Hall–Kier alpha value is -0.960. The zero-order chi connectivity index (χ0) is 8.55. The molecule has 0 atom stereocenters. The molecule has 0 spiro atoms. The van der Waals surface area contributed by atoms with E-state index in [1.54, 1.807) is 0 Å². The molecule has 0 saturated carbocycles. The van der Waals surface area contributed by atoms with Gasteiger partial charge in [0.05, 0.1) is 0 Å². The van der Waals surface area contributed by atoms with Crippen LogP contribution < -0.4 is 0 Å². The maximum Gasteiger partial charge on any atom is 0.0396 e. The summed E-state index contributed by atoms with van der Waals surface area (Å²) in [5, 5.41) is 1.35. The molecule has 60 valence electrons. The first-order chi connectivity index (χ1) is 5.77. The van der Waals surface area contributed by atoms with Crippen molar-refractivity contribution in [1.29, 1.82) is 0 Å². The molecule has 0 fully saturated rings. The third-order valence-electron chi connectivity index (χ3n) is 2.15. The van der Waals surface area contributed by atoms with Gasteiger partial charge in [0.1, 0.15) is 0 Å². The van der Waals surface area contributed by atoms with Crippen LogP contribution in [0.4, 0.5) is 0 Å². The maximum atomic E-state index is 3.26. The topological polar surface area (TPSA) is 0 Å². The highest BCUT2D eigenvalue weighted by atomic mass is 31.1. The van der Waals surface area contributed by atoms with Gasteiger partial charge in [-0.1, -0.05) is 13.6 Å². The van der Waals surface area contributed by atoms with E-state index in [2.05, 4.69) is 43.3 Å². The summed E-state index contributed by atoms with van der Waals surface area (Å²) in [6.45, 7) is 4.36. The minimum Gasteiger partial charge on any atom is -0.108 e. The van der Waals surface area contributed by atoms with Gasteiger partial charge in [-0.25, -0.2) is 0 Å². The Labute approximate surface area is 74.0 Å². The number of hydrogen-bond donors (Lipinski definition) is 0. The summed E-state index contributed by atoms with van der Waals surface area (Å²) in [5.74, 6) is 4.72. The summed E-state index contributed by atoms with van der Waals surface area (Å²) in [5.41, 5.74) is 6.11. The fourth-order valence-corrected chi connectivity index (χ4v) is 3.36. The second-order valence-electron chi connectivity index (χ2n) is 3.09. The summed E-state index contributed by atoms with van der Waals surface area (Å²) in [7, 11) is -0.162. The standard InChI is InChI=1S/C11H11P/c1-9-7-12(8-10(9)2)11-5-3-4-6-11/h3-5,7-8H,1-2H3. The van der Waals surface area contributed by atoms with Crippen LogP contribution in [-0.2, 0) is 0 Å². The van der Waals surface area contributed by atoms with Crippen molar-refractivity contribution in [2.75, 3.05) is 0 Å². The smallest absolute Gasteiger partial charge is 0.0396 e. The average molecular weight is 174 g/mol. The molecular weight excluding hydrogens is 163 g/mol. The van der Waals surface area contributed by atoms with Gasteiger partial charge < -0.3 is 0 Å². The molecule has 0 nitrogen and oxygen atoms in total. The number of aryl methyl sites for hydroxylation is 2. The van der Waals surface area contributed by atoms with E-state index in [0.29, 0.717) is 0 Å². The van der Waals surface area contributed by atoms with Crippen LogP contribution in [0.1, 0.15) is 11.1 Å². The van der Waals surface area contributed by atoms with Gasteiger partial charge in [-0.15, -0.1) is 5.73 Å². The zero-order valence-corrected chi connectivity index (χ0v) is 8.23. The van der Waals surface area contributed by atoms with Crippen molar-refractivity contribution in [3.05, 3.63) is 46.7 Å². The van der Waals surface area contributed by atoms with Crippen LogP contribution in [-0.4, -0.2) is 0 Å². The minimum atomic E-state index is -0.162. The van der Waals surface area contributed by atoms with Crippen molar-refractivity contribution < 1.29 is 0 Å². The molecule has 2 rings (SSSR count). The van der Waals surface area contributed by atoms with E-state index in [0.717, 1.165) is 0 Å². The Morgan fingerprint density at radius 2 is 1.83 bits per heavy atom. The molecule has 0 N–H and O–H groups in total. The summed E-state index contributed by atoms with van der Waals surface area (Å²) < 4.78 is 0. The van der Waals surface area contributed by atoms with Crippen LogP contribution in [0.5, 0.6) is 0 Å². The molecule has 0 radical (unpaired) electrons. The van der Waals surface area contributed by atoms with E-state index < -0.39 is 0 Å². The third kappa shape index (κ3) is 1.20. The second-order valence-corrected chi connectivity index (χ2v) is 4.90. The van der Waals surface area contributed by atoms with Crippen LogP contribution in [0.3, 0.4) is 0 Å². The first kappa shape index (κ1) is 7.68. The molecule has 0 bridgehead atoms. The Balaban J connectivity index is 2.48. The van der Waals surface area contributed by atoms with Gasteiger partial charge in [0.15, 0.2) is 0 Å². The SMILES string of the molecule is Cc1cp(C2=C=CC=C2)cc1C. The van der Waals surface area contributed by atoms with Crippen LogP contribution in [0.25, 0.3) is 5.31 Å². The van der Waals surface area contributed by atoms with E-state index >= 15 is 0 Å². The number of hydrogen-bond acceptors (Lipinski definition) is 0. The fourth-order valence-electron chi connectivity index (χ4n) is 1.28. The minimum absolute atomic E-state index is 0.162. The van der Waals surface area contributed by atoms with Crippen molar-refractivity contribution in [2.45, 2.75) is 13.8 Å². The summed E-state index contributed by atoms with van der Waals surface area (Å²) in [4.78, 5) is 0. The lowest BCUT2D eigenvalue weighted by atomic mass is 10.2. The predicted molar refractivity (Wildman–Crippen MR) is 55.6 cm³/mol. The van der Waals surface area contributed by atoms with E-state index in [1.165, 1.54) is 16.4 Å². The van der Waals surface area contributed by atoms with Crippen LogP contribution in [0, 0.1) is 13.8 Å². The fraction of sp³-hybridized carbons (Fsp3) is 0.182. The number of rotatable bonds is 1. The summed E-state index contributed by atoms with van der Waals surface area (Å²) >= 11 is 0. The molecule has 0 aromatic carbocycles. The van der Waals surface area contributed by atoms with E-state index in [1.807, 2.05) is 6.08 Å². The molecule has 1 heteroatoms. The van der Waals surface area contributed by atoms with Crippen molar-refractivity contribution in [3.63, 3.8) is 0 Å². The molecule has 0 aliphatic heterocycles. The zero-order valence-electron chi connectivity index (χ0n) is 7.33. The van der Waals surface area contributed by atoms with Gasteiger partial charge in [-0.3, -0.25) is 0 Å². The number of allylic oxidation sites excluding steroid dienone is 3. The highest BCUT2D eigenvalue weighted by Gasteiger charge is 2.02. The van der Waals surface area contributed by atoms with E-state index in [-0.39, 0.29) is 7.53 Å². The van der Waals surface area contributed by atoms with Crippen molar-refractivity contribution in [3.8, 4) is 0 Å². The molecule has 12 heavy (non-hydrogen) atoms. The first-order valence-electron chi connectivity index (χ1n) is 4.06. The Bertz CT molecular complexity index is 379. The molecular formula is C11H11P. The first-order valence-corrected chi connectivity index (χ1v) is 5.54. The molecule has 0 unspecified atom stereocenters. The summed E-state index contributed by atoms with van der Waals surface area (Å²) in [6.07, 6.45) is 6.20. The monoisotopic (exact) mass is 174 g/mol. The highest BCUT2D eigenvalue weighted by Crippen LogP contribution is 2.43. The highest BCUT2D eigenvalue weighted by molar-refractivity contribution is 7.60. The Morgan fingerprint density at radius 1 is 1.17 bits per heavy atom. The molecule has 0 amide bonds. The summed E-state index contributed by atoms with van der Waals surface area (Å²) in [6, 6.07) is 0. The lowest BCUT2D eigenvalue weighted by Crippen LogP contribution is -1.63. The third-order valence-corrected chi connectivity index (χ3v) is 4.31. The largest absolute Gasteiger partial charge is 0.108 e. The molecule has 0 saturated heterocycles. The van der Waals surface area contributed by atoms with Crippen molar-refractivity contribution >= 4 is 12.8 Å². The van der Waals surface area contributed by atoms with Gasteiger partial charge >= 0.3 is 0 Å². The second kappa shape index (κ2) is 2.83. The molecule has 1 aliphatic carbocycles. The van der Waals surface area contributed by atoms with Crippen LogP contribution in [0.15, 0.2) is 35.6 Å². The lowest BCUT2D eigenvalue weighted by Gasteiger charge is -1.90. The van der Waals surface area contributed by atoms with E-state index in [4.69, 9.17) is 0 Å².